The van der Waals surface area contributed by atoms with Crippen LogP contribution in [0, 0.1) is 12.7 Å². The smallest absolute Gasteiger partial charge is 0.295 e. The van der Waals surface area contributed by atoms with E-state index in [2.05, 4.69) is 53.4 Å². The highest BCUT2D eigenvalue weighted by atomic mass is 32.1. The Morgan fingerprint density at radius 2 is 1.98 bits per heavy atom. The minimum Gasteiger partial charge on any atom is -0.496 e. The number of aromatic nitrogens is 3. The number of rotatable bonds is 10. The van der Waals surface area contributed by atoms with Gasteiger partial charge in [-0.05, 0) is 94.1 Å². The fourth-order valence-electron chi connectivity index (χ4n) is 4.62. The van der Waals surface area contributed by atoms with Gasteiger partial charge in [0.25, 0.3) is 11.1 Å². The molecule has 1 aliphatic carbocycles. The van der Waals surface area contributed by atoms with E-state index in [0.717, 1.165) is 24.2 Å². The number of halogens is 1. The number of allylic oxidation sites excluding steroid dienone is 5. The molecule has 210 valence electrons. The first-order valence-corrected chi connectivity index (χ1v) is 14.2. The van der Waals surface area contributed by atoms with Crippen molar-refractivity contribution in [1.82, 2.24) is 15.2 Å². The highest BCUT2D eigenvalue weighted by Crippen LogP contribution is 2.35. The third-order valence-electron chi connectivity index (χ3n) is 6.90. The molecule has 0 bridgehead atoms. The predicted molar refractivity (Wildman–Crippen MR) is 158 cm³/mol. The van der Waals surface area contributed by atoms with Crippen molar-refractivity contribution in [2.45, 2.75) is 59.8 Å². The van der Waals surface area contributed by atoms with Crippen molar-refractivity contribution in [2.75, 3.05) is 19.0 Å². The fourth-order valence-corrected chi connectivity index (χ4v) is 5.24. The van der Waals surface area contributed by atoms with E-state index in [1.807, 2.05) is 0 Å². The van der Waals surface area contributed by atoms with E-state index in [1.165, 1.54) is 60.9 Å². The number of carbonyl (C=O) groups is 1. The number of anilines is 1. The number of benzene rings is 1. The van der Waals surface area contributed by atoms with Crippen molar-refractivity contribution in [3.63, 3.8) is 0 Å². The van der Waals surface area contributed by atoms with E-state index in [0.29, 0.717) is 28.8 Å². The summed E-state index contributed by atoms with van der Waals surface area (Å²) in [6, 6.07) is 6.19. The van der Waals surface area contributed by atoms with Crippen molar-refractivity contribution in [1.29, 1.82) is 0 Å². The Morgan fingerprint density at radius 1 is 1.18 bits per heavy atom. The van der Waals surface area contributed by atoms with E-state index >= 15 is 0 Å². The first kappa shape index (κ1) is 29.1. The Labute approximate surface area is 238 Å². The fraction of sp³-hybridized carbons (Fsp3) is 0.355. The normalized spacial score (nSPS) is 13.4. The Bertz CT molecular complexity index is 1470. The van der Waals surface area contributed by atoms with Crippen LogP contribution in [0.25, 0.3) is 11.1 Å². The number of aryl methyl sites for hydroxylation is 1. The van der Waals surface area contributed by atoms with Crippen LogP contribution >= 0.6 is 11.3 Å². The van der Waals surface area contributed by atoms with Gasteiger partial charge in [0.05, 0.1) is 24.8 Å². The molecule has 0 radical (unpaired) electrons. The minimum atomic E-state index is -0.498. The summed E-state index contributed by atoms with van der Waals surface area (Å²) < 4.78 is 26.1. The molecule has 1 amide bonds. The highest BCUT2D eigenvalue weighted by molar-refractivity contribution is 7.17. The number of methoxy groups -OCH3 is 1. The molecule has 9 heteroatoms. The number of nitrogens with one attached hydrogen (secondary N) is 1. The van der Waals surface area contributed by atoms with E-state index in [1.54, 1.807) is 25.1 Å². The number of hydrogen-bond acceptors (Lipinski definition) is 7. The molecule has 0 fully saturated rings. The second-order valence-corrected chi connectivity index (χ2v) is 10.9. The summed E-state index contributed by atoms with van der Waals surface area (Å²) in [4.78, 5) is 17.5. The number of hydrogen-bond donors (Lipinski definition) is 1. The minimum absolute atomic E-state index is 0.190. The lowest BCUT2D eigenvalue weighted by molar-refractivity contribution is 0.102. The lowest BCUT2D eigenvalue weighted by atomic mass is 9.92. The van der Waals surface area contributed by atoms with Gasteiger partial charge in [-0.1, -0.05) is 34.5 Å². The standard InChI is InChI=1S/C31H35FN4O3S/c1-19(2)22(13-14-23-10-7-6-9-20(23)3)15-16-39-31-36-35-30(40-31)34-29(37)25-18-33-21(4)17-24(25)28-26(32)11-8-12-27(28)38-5/h8,11-14,17-18H,6-7,9-10,15-16H2,1-5H3,(H,34,35,37)/b14-13-. The molecule has 0 atom stereocenters. The molecular formula is C31H35FN4O3S. The summed E-state index contributed by atoms with van der Waals surface area (Å²) in [5.74, 6) is -0.663. The summed E-state index contributed by atoms with van der Waals surface area (Å²) in [5.41, 5.74) is 6.80. The lowest BCUT2D eigenvalue weighted by Crippen LogP contribution is -2.14. The molecule has 0 aliphatic heterocycles. The molecule has 40 heavy (non-hydrogen) atoms. The van der Waals surface area contributed by atoms with Gasteiger partial charge < -0.3 is 9.47 Å². The van der Waals surface area contributed by atoms with Gasteiger partial charge in [-0.3, -0.25) is 15.1 Å². The zero-order valence-corrected chi connectivity index (χ0v) is 24.5. The second kappa shape index (κ2) is 13.5. The van der Waals surface area contributed by atoms with Gasteiger partial charge in [0.2, 0.25) is 5.13 Å². The van der Waals surface area contributed by atoms with Crippen molar-refractivity contribution in [3.05, 3.63) is 82.0 Å². The molecule has 4 rings (SSSR count). The molecule has 0 saturated heterocycles. The zero-order chi connectivity index (χ0) is 28.6. The van der Waals surface area contributed by atoms with Crippen LogP contribution in [0.4, 0.5) is 9.52 Å². The number of pyridine rings is 1. The van der Waals surface area contributed by atoms with Gasteiger partial charge in [0.15, 0.2) is 0 Å². The third-order valence-corrected chi connectivity index (χ3v) is 7.65. The van der Waals surface area contributed by atoms with Crippen LogP contribution in [0.5, 0.6) is 10.9 Å². The monoisotopic (exact) mass is 562 g/mol. The van der Waals surface area contributed by atoms with Gasteiger partial charge in [0, 0.05) is 23.9 Å². The first-order valence-electron chi connectivity index (χ1n) is 13.4. The van der Waals surface area contributed by atoms with Gasteiger partial charge >= 0.3 is 0 Å². The first-order chi connectivity index (χ1) is 19.3. The van der Waals surface area contributed by atoms with Crippen LogP contribution in [0.1, 0.15) is 68.9 Å². The maximum Gasteiger partial charge on any atom is 0.295 e. The largest absolute Gasteiger partial charge is 0.496 e. The van der Waals surface area contributed by atoms with E-state index < -0.39 is 11.7 Å². The predicted octanol–water partition coefficient (Wildman–Crippen LogP) is 7.86. The Balaban J connectivity index is 1.42. The molecule has 0 unspecified atom stereocenters. The number of amides is 1. The molecule has 1 aromatic carbocycles. The molecule has 2 heterocycles. The van der Waals surface area contributed by atoms with Crippen LogP contribution in [0.2, 0.25) is 0 Å². The molecule has 1 N–H and O–H groups in total. The summed E-state index contributed by atoms with van der Waals surface area (Å²) >= 11 is 1.13. The van der Waals surface area contributed by atoms with Crippen LogP contribution in [-0.4, -0.2) is 34.8 Å². The topological polar surface area (TPSA) is 86.2 Å². The van der Waals surface area contributed by atoms with Crippen molar-refractivity contribution >= 4 is 22.4 Å². The average molecular weight is 563 g/mol. The summed E-state index contributed by atoms with van der Waals surface area (Å²) in [5, 5.41) is 11.5. The lowest BCUT2D eigenvalue weighted by Gasteiger charge is -2.15. The SMILES string of the molecule is COc1cccc(F)c1-c1cc(C)ncc1C(=O)Nc1nnc(OCCC(/C=C\C2=C(C)CCCC2)=C(C)C)s1. The molecule has 3 aromatic rings. The van der Waals surface area contributed by atoms with Gasteiger partial charge in [-0.15, -0.1) is 5.10 Å². The average Bonchev–Trinajstić information content (AvgIpc) is 3.37. The molecule has 2 aromatic heterocycles. The van der Waals surface area contributed by atoms with E-state index in [9.17, 15) is 9.18 Å². The maximum absolute atomic E-state index is 14.8. The maximum atomic E-state index is 14.8. The molecule has 0 spiro atoms. The van der Waals surface area contributed by atoms with Crippen LogP contribution in [-0.2, 0) is 0 Å². The Morgan fingerprint density at radius 3 is 2.73 bits per heavy atom. The summed E-state index contributed by atoms with van der Waals surface area (Å²) in [6.45, 7) is 8.64. The number of ether oxygens (including phenoxy) is 2. The Kier molecular flexibility index (Phi) is 9.82. The summed E-state index contributed by atoms with van der Waals surface area (Å²) in [7, 11) is 1.46. The zero-order valence-electron chi connectivity index (χ0n) is 23.6. The second-order valence-electron chi connectivity index (χ2n) is 9.99. The Hall–Kier alpha value is -3.85. The number of carbonyl (C=O) groups excluding carboxylic acids is 1. The number of nitrogens with zero attached hydrogens (tertiary/aromatic N) is 3. The van der Waals surface area contributed by atoms with Crippen LogP contribution in [0.3, 0.4) is 0 Å². The highest BCUT2D eigenvalue weighted by Gasteiger charge is 2.21. The summed E-state index contributed by atoms with van der Waals surface area (Å²) in [6.07, 6.45) is 11.5. The van der Waals surface area contributed by atoms with E-state index in [-0.39, 0.29) is 16.3 Å². The van der Waals surface area contributed by atoms with Crippen molar-refractivity contribution in [2.24, 2.45) is 0 Å². The van der Waals surface area contributed by atoms with Crippen molar-refractivity contribution in [3.8, 4) is 22.1 Å². The van der Waals surface area contributed by atoms with Crippen molar-refractivity contribution < 1.29 is 18.7 Å². The van der Waals surface area contributed by atoms with Gasteiger partial charge in [-0.25, -0.2) is 4.39 Å². The molecule has 7 nitrogen and oxygen atoms in total. The molecule has 0 saturated carbocycles. The molecular weight excluding hydrogens is 527 g/mol. The third kappa shape index (κ3) is 7.21. The van der Waals surface area contributed by atoms with E-state index in [4.69, 9.17) is 9.47 Å². The van der Waals surface area contributed by atoms with Gasteiger partial charge in [0.1, 0.15) is 11.6 Å². The van der Waals surface area contributed by atoms with Crippen LogP contribution < -0.4 is 14.8 Å². The van der Waals surface area contributed by atoms with Gasteiger partial charge in [-0.2, -0.15) is 0 Å². The quantitative estimate of drug-likeness (QED) is 0.253. The van der Waals surface area contributed by atoms with Crippen LogP contribution in [0.15, 0.2) is 64.9 Å². The molecule has 1 aliphatic rings.